The van der Waals surface area contributed by atoms with Gasteiger partial charge in [-0.1, -0.05) is 25.5 Å². The van der Waals surface area contributed by atoms with Crippen molar-refractivity contribution in [2.24, 2.45) is 11.8 Å². The molecule has 2 fully saturated rings. The number of halogens is 3. The van der Waals surface area contributed by atoms with E-state index < -0.39 is 29.1 Å². The van der Waals surface area contributed by atoms with E-state index >= 15 is 0 Å². The molecule has 3 aromatic heterocycles. The first-order valence-corrected chi connectivity index (χ1v) is 16.1. The molecule has 46 heavy (non-hydrogen) atoms. The van der Waals surface area contributed by atoms with Crippen molar-refractivity contribution in [3.05, 3.63) is 87.4 Å². The van der Waals surface area contributed by atoms with Crippen molar-refractivity contribution in [3.63, 3.8) is 0 Å². The highest BCUT2D eigenvalue weighted by atomic mass is 19.4. The molecular weight excluding hydrogens is 595 g/mol. The van der Waals surface area contributed by atoms with Gasteiger partial charge in [0.05, 0.1) is 22.5 Å². The summed E-state index contributed by atoms with van der Waals surface area (Å²) in [5, 5.41) is 4.67. The Kier molecular flexibility index (Phi) is 8.41. The minimum Gasteiger partial charge on any atom is -0.442 e. The first-order valence-electron chi connectivity index (χ1n) is 16.1. The lowest BCUT2D eigenvalue weighted by Crippen LogP contribution is -2.34. The van der Waals surface area contributed by atoms with Crippen LogP contribution in [0, 0.1) is 18.8 Å². The molecule has 2 atom stereocenters. The molecule has 0 spiro atoms. The molecule has 4 aromatic rings. The second-order valence-electron chi connectivity index (χ2n) is 14.2. The fourth-order valence-corrected chi connectivity index (χ4v) is 6.91. The molecule has 4 heterocycles. The third-order valence-corrected chi connectivity index (χ3v) is 9.22. The van der Waals surface area contributed by atoms with Gasteiger partial charge in [-0.05, 0) is 107 Å². The summed E-state index contributed by atoms with van der Waals surface area (Å²) in [5.41, 5.74) is 1.17. The lowest BCUT2D eigenvalue weighted by molar-refractivity contribution is -0.136. The van der Waals surface area contributed by atoms with Crippen LogP contribution in [0.2, 0.25) is 0 Å². The SMILES string of the molecule is Cc1cn(C(=O)OC(C)(C)C)nc1C(c1cccc(-n2cc3c(C(F)(F)F)cc(CN4CCC[C@H](C)C4)cn3c2=O)c1)C1CCC1. The number of hydrogen-bond acceptors (Lipinski definition) is 5. The summed E-state index contributed by atoms with van der Waals surface area (Å²) in [6.45, 7) is 11.4. The van der Waals surface area contributed by atoms with E-state index in [1.165, 1.54) is 21.5 Å². The van der Waals surface area contributed by atoms with Crippen molar-refractivity contribution in [1.29, 1.82) is 0 Å². The Bertz CT molecular complexity index is 1810. The molecule has 8 nitrogen and oxygen atoms in total. The number of hydrogen-bond donors (Lipinski definition) is 0. The highest BCUT2D eigenvalue weighted by Crippen LogP contribution is 2.44. The lowest BCUT2D eigenvalue weighted by atomic mass is 9.71. The molecule has 1 aromatic carbocycles. The Hall–Kier alpha value is -3.86. The maximum Gasteiger partial charge on any atom is 0.435 e. The van der Waals surface area contributed by atoms with Crippen LogP contribution in [0.3, 0.4) is 0 Å². The molecule has 0 N–H and O–H groups in total. The number of fused-ring (bicyclic) bond motifs is 1. The predicted molar refractivity (Wildman–Crippen MR) is 169 cm³/mol. The number of aromatic nitrogens is 4. The Morgan fingerprint density at radius 2 is 1.83 bits per heavy atom. The number of rotatable bonds is 6. The lowest BCUT2D eigenvalue weighted by Gasteiger charge is -2.33. The van der Waals surface area contributed by atoms with Crippen molar-refractivity contribution in [1.82, 2.24) is 23.6 Å². The summed E-state index contributed by atoms with van der Waals surface area (Å²) >= 11 is 0. The van der Waals surface area contributed by atoms with Gasteiger partial charge in [0, 0.05) is 37.6 Å². The third-order valence-electron chi connectivity index (χ3n) is 9.22. The first-order chi connectivity index (χ1) is 21.7. The van der Waals surface area contributed by atoms with Gasteiger partial charge in [0.2, 0.25) is 0 Å². The molecule has 0 amide bonds. The number of imidazole rings is 1. The quantitative estimate of drug-likeness (QED) is 0.218. The van der Waals surface area contributed by atoms with Crippen LogP contribution in [0.25, 0.3) is 11.2 Å². The molecule has 0 bridgehead atoms. The summed E-state index contributed by atoms with van der Waals surface area (Å²) in [6, 6.07) is 8.55. The van der Waals surface area contributed by atoms with E-state index in [0.29, 0.717) is 23.7 Å². The number of piperidine rings is 1. The Labute approximate surface area is 266 Å². The van der Waals surface area contributed by atoms with E-state index in [1.807, 2.05) is 25.1 Å². The minimum absolute atomic E-state index is 0.158. The van der Waals surface area contributed by atoms with E-state index in [1.54, 1.807) is 39.2 Å². The second-order valence-corrected chi connectivity index (χ2v) is 14.2. The molecule has 1 saturated heterocycles. The van der Waals surface area contributed by atoms with Crippen LogP contribution in [0.5, 0.6) is 0 Å². The van der Waals surface area contributed by atoms with Gasteiger partial charge in [0.1, 0.15) is 5.60 Å². The van der Waals surface area contributed by atoms with Crippen LogP contribution in [0.15, 0.2) is 53.7 Å². The number of alkyl halides is 3. The van der Waals surface area contributed by atoms with Crippen LogP contribution in [0.1, 0.15) is 93.7 Å². The third kappa shape index (κ3) is 6.52. The van der Waals surface area contributed by atoms with Crippen LogP contribution in [0.4, 0.5) is 18.0 Å². The van der Waals surface area contributed by atoms with Crippen molar-refractivity contribution < 1.29 is 22.7 Å². The number of aryl methyl sites for hydroxylation is 1. The number of likely N-dealkylation sites (tertiary alicyclic amines) is 1. The van der Waals surface area contributed by atoms with E-state index in [-0.39, 0.29) is 17.4 Å². The number of pyridine rings is 1. The van der Waals surface area contributed by atoms with Gasteiger partial charge in [0.25, 0.3) is 0 Å². The van der Waals surface area contributed by atoms with Gasteiger partial charge in [-0.25, -0.2) is 9.59 Å². The summed E-state index contributed by atoms with van der Waals surface area (Å²) < 4.78 is 52.3. The molecule has 1 aliphatic carbocycles. The Morgan fingerprint density at radius 1 is 1.07 bits per heavy atom. The van der Waals surface area contributed by atoms with Crippen molar-refractivity contribution in [2.75, 3.05) is 13.1 Å². The fourth-order valence-electron chi connectivity index (χ4n) is 6.91. The fraction of sp³-hybridized carbons (Fsp3) is 0.514. The van der Waals surface area contributed by atoms with E-state index in [9.17, 15) is 22.8 Å². The maximum absolute atomic E-state index is 14.4. The van der Waals surface area contributed by atoms with Gasteiger partial charge in [-0.3, -0.25) is 13.9 Å². The van der Waals surface area contributed by atoms with Crippen molar-refractivity contribution in [3.8, 4) is 5.69 Å². The topological polar surface area (TPSA) is 73.8 Å². The zero-order chi connectivity index (χ0) is 33.0. The van der Waals surface area contributed by atoms with Gasteiger partial charge in [0.15, 0.2) is 0 Å². The molecule has 6 rings (SSSR count). The smallest absolute Gasteiger partial charge is 0.435 e. The number of carbonyl (C=O) groups is 1. The highest BCUT2D eigenvalue weighted by molar-refractivity contribution is 5.70. The summed E-state index contributed by atoms with van der Waals surface area (Å²) in [6.07, 6.45) is 4.48. The normalized spacial score (nSPS) is 18.9. The van der Waals surface area contributed by atoms with Gasteiger partial charge in [-0.2, -0.15) is 23.0 Å². The Morgan fingerprint density at radius 3 is 2.48 bits per heavy atom. The van der Waals surface area contributed by atoms with Crippen molar-refractivity contribution in [2.45, 2.75) is 91.0 Å². The number of nitrogens with zero attached hydrogens (tertiary/aromatic N) is 5. The first kappa shape index (κ1) is 32.1. The summed E-state index contributed by atoms with van der Waals surface area (Å²) in [7, 11) is 0. The monoisotopic (exact) mass is 637 g/mol. The van der Waals surface area contributed by atoms with Gasteiger partial charge in [-0.15, -0.1) is 0 Å². The second kappa shape index (κ2) is 12.1. The molecule has 246 valence electrons. The van der Waals surface area contributed by atoms with E-state index in [2.05, 4.69) is 16.9 Å². The zero-order valence-electron chi connectivity index (χ0n) is 27.1. The average molecular weight is 638 g/mol. The number of carbonyl (C=O) groups excluding carboxylic acids is 1. The minimum atomic E-state index is -4.63. The summed E-state index contributed by atoms with van der Waals surface area (Å²) in [5.74, 6) is 0.598. The molecular formula is C35H42F3N5O3. The van der Waals surface area contributed by atoms with Crippen LogP contribution in [-0.2, 0) is 17.5 Å². The molecule has 1 aliphatic heterocycles. The standard InChI is InChI=1S/C35H42F3N5O3/c1-22-9-8-14-40(17-22)19-24-15-28(35(36,37)38)29-21-41(32(44)42(29)20-24)27-13-7-12-26(16-27)30(25-10-6-11-25)31-23(2)18-43(39-31)33(45)46-34(3,4)5/h7,12-13,15-16,18,20-22,25,30H,6,8-11,14,17,19H2,1-5H3/t22-,30?/m0/s1. The van der Waals surface area contributed by atoms with Crippen molar-refractivity contribution >= 4 is 11.6 Å². The van der Waals surface area contributed by atoms with E-state index in [0.717, 1.165) is 66.4 Å². The Balaban J connectivity index is 1.39. The molecule has 11 heteroatoms. The van der Waals surface area contributed by atoms with Gasteiger partial charge < -0.3 is 4.74 Å². The van der Waals surface area contributed by atoms with Crippen LogP contribution >= 0.6 is 0 Å². The largest absolute Gasteiger partial charge is 0.442 e. The highest BCUT2D eigenvalue weighted by Gasteiger charge is 2.36. The number of benzene rings is 1. The number of ether oxygens (including phenoxy) is 1. The molecule has 0 radical (unpaired) electrons. The van der Waals surface area contributed by atoms with Crippen LogP contribution < -0.4 is 5.69 Å². The van der Waals surface area contributed by atoms with E-state index in [4.69, 9.17) is 4.74 Å². The maximum atomic E-state index is 14.4. The molecule has 1 unspecified atom stereocenters. The summed E-state index contributed by atoms with van der Waals surface area (Å²) in [4.78, 5) is 28.7. The van der Waals surface area contributed by atoms with Gasteiger partial charge >= 0.3 is 18.0 Å². The average Bonchev–Trinajstić information content (AvgIpc) is 3.48. The van der Waals surface area contributed by atoms with Crippen LogP contribution in [-0.4, -0.2) is 48.4 Å². The predicted octanol–water partition coefficient (Wildman–Crippen LogP) is 7.56. The molecule has 1 saturated carbocycles. The molecule has 2 aliphatic rings. The zero-order valence-corrected chi connectivity index (χ0v) is 27.1.